The Morgan fingerprint density at radius 3 is 2.57 bits per heavy atom. The first-order valence-corrected chi connectivity index (χ1v) is 7.39. The highest BCUT2D eigenvalue weighted by atomic mass is 19.1. The number of hydrogen-bond donors (Lipinski definition) is 2. The minimum absolute atomic E-state index is 0.0377. The van der Waals surface area contributed by atoms with Crippen LogP contribution in [0.3, 0.4) is 0 Å². The van der Waals surface area contributed by atoms with Crippen LogP contribution in [0.5, 0.6) is 0 Å². The van der Waals surface area contributed by atoms with E-state index in [1.54, 1.807) is 19.9 Å². The largest absolute Gasteiger partial charge is 0.480 e. The Hall–Kier alpha value is -2.44. The maximum absolute atomic E-state index is 13.8. The average molecular weight is 322 g/mol. The maximum atomic E-state index is 13.8. The molecule has 2 N–H and O–H groups in total. The summed E-state index contributed by atoms with van der Waals surface area (Å²) in [5.74, 6) is -3.49. The van der Waals surface area contributed by atoms with Gasteiger partial charge < -0.3 is 15.3 Å². The van der Waals surface area contributed by atoms with Crippen molar-refractivity contribution in [2.75, 3.05) is 11.4 Å². The number of anilines is 1. The van der Waals surface area contributed by atoms with Crippen LogP contribution in [0.25, 0.3) is 0 Å². The Morgan fingerprint density at radius 1 is 1.35 bits per heavy atom. The first-order valence-electron chi connectivity index (χ1n) is 7.39. The van der Waals surface area contributed by atoms with Gasteiger partial charge in [-0.1, -0.05) is 26.0 Å². The smallest absolute Gasteiger partial charge is 0.326 e. The van der Waals surface area contributed by atoms with E-state index in [9.17, 15) is 18.8 Å². The molecule has 2 atom stereocenters. The zero-order valence-electron chi connectivity index (χ0n) is 13.0. The van der Waals surface area contributed by atoms with Crippen molar-refractivity contribution in [1.82, 2.24) is 5.32 Å². The number of nitrogens with zero attached hydrogens (tertiary/aromatic N) is 1. The van der Waals surface area contributed by atoms with Gasteiger partial charge >= 0.3 is 5.97 Å². The van der Waals surface area contributed by atoms with Crippen molar-refractivity contribution in [2.45, 2.75) is 26.3 Å². The lowest BCUT2D eigenvalue weighted by atomic mass is 10.0. The molecule has 0 spiro atoms. The molecule has 1 aromatic rings. The number of nitrogens with one attached hydrogen (secondary N) is 1. The standard InChI is InChI=1S/C16H19FN2O4/c1-9(2)14(16(22)23)18-15(21)10-7-13(20)19(8-10)12-6-4-3-5-11(12)17/h3-6,9-10,14H,7-8H2,1-2H3,(H,18,21)(H,22,23)/t10?,14-/m1/s1. The quantitative estimate of drug-likeness (QED) is 0.858. The molecule has 7 heteroatoms. The molecule has 1 heterocycles. The van der Waals surface area contributed by atoms with Crippen molar-refractivity contribution in [3.63, 3.8) is 0 Å². The third-order valence-corrected chi connectivity index (χ3v) is 3.87. The zero-order chi connectivity index (χ0) is 17.1. The van der Waals surface area contributed by atoms with Crippen LogP contribution in [0.2, 0.25) is 0 Å². The minimum Gasteiger partial charge on any atom is -0.480 e. The molecule has 23 heavy (non-hydrogen) atoms. The highest BCUT2D eigenvalue weighted by Crippen LogP contribution is 2.27. The molecule has 0 bridgehead atoms. The lowest BCUT2D eigenvalue weighted by Crippen LogP contribution is -2.47. The van der Waals surface area contributed by atoms with Crippen molar-refractivity contribution in [1.29, 1.82) is 0 Å². The fourth-order valence-corrected chi connectivity index (χ4v) is 2.57. The van der Waals surface area contributed by atoms with Gasteiger partial charge in [0, 0.05) is 13.0 Å². The fraction of sp³-hybridized carbons (Fsp3) is 0.438. The van der Waals surface area contributed by atoms with Crippen molar-refractivity contribution >= 4 is 23.5 Å². The van der Waals surface area contributed by atoms with Gasteiger partial charge in [-0.25, -0.2) is 9.18 Å². The van der Waals surface area contributed by atoms with Gasteiger partial charge in [0.1, 0.15) is 11.9 Å². The summed E-state index contributed by atoms with van der Waals surface area (Å²) in [7, 11) is 0. The zero-order valence-corrected chi connectivity index (χ0v) is 13.0. The van der Waals surface area contributed by atoms with Crippen LogP contribution in [-0.2, 0) is 14.4 Å². The summed E-state index contributed by atoms with van der Waals surface area (Å²) in [5, 5.41) is 11.6. The summed E-state index contributed by atoms with van der Waals surface area (Å²) in [4.78, 5) is 36.7. The van der Waals surface area contributed by atoms with Crippen LogP contribution < -0.4 is 10.2 Å². The summed E-state index contributed by atoms with van der Waals surface area (Å²) in [6, 6.07) is 4.83. The van der Waals surface area contributed by atoms with Crippen LogP contribution in [0.1, 0.15) is 20.3 Å². The van der Waals surface area contributed by atoms with Gasteiger partial charge in [-0.05, 0) is 18.1 Å². The Kier molecular flexibility index (Phi) is 4.98. The van der Waals surface area contributed by atoms with Gasteiger partial charge in [-0.2, -0.15) is 0 Å². The Labute approximate surface area is 133 Å². The van der Waals surface area contributed by atoms with Crippen molar-refractivity contribution in [3.8, 4) is 0 Å². The summed E-state index contributed by atoms with van der Waals surface area (Å²) >= 11 is 0. The number of para-hydroxylation sites is 1. The van der Waals surface area contributed by atoms with E-state index >= 15 is 0 Å². The van der Waals surface area contributed by atoms with Crippen LogP contribution >= 0.6 is 0 Å². The molecule has 0 aromatic heterocycles. The molecule has 0 saturated carbocycles. The maximum Gasteiger partial charge on any atom is 0.326 e. The third-order valence-electron chi connectivity index (χ3n) is 3.87. The number of carbonyl (C=O) groups is 3. The van der Waals surface area contributed by atoms with E-state index < -0.39 is 29.7 Å². The first-order chi connectivity index (χ1) is 10.8. The van der Waals surface area contributed by atoms with Gasteiger partial charge in [0.15, 0.2) is 0 Å². The number of amides is 2. The fourth-order valence-electron chi connectivity index (χ4n) is 2.57. The lowest BCUT2D eigenvalue weighted by molar-refractivity contribution is -0.143. The molecule has 1 aliphatic heterocycles. The highest BCUT2D eigenvalue weighted by molar-refractivity contribution is 6.00. The van der Waals surface area contributed by atoms with Crippen molar-refractivity contribution in [3.05, 3.63) is 30.1 Å². The molecule has 1 aromatic carbocycles. The average Bonchev–Trinajstić information content (AvgIpc) is 2.86. The molecule has 6 nitrogen and oxygen atoms in total. The number of carbonyl (C=O) groups excluding carboxylic acids is 2. The molecule has 1 fully saturated rings. The van der Waals surface area contributed by atoms with Gasteiger partial charge in [-0.3, -0.25) is 9.59 Å². The molecule has 1 aliphatic rings. The van der Waals surface area contributed by atoms with Gasteiger partial charge in [-0.15, -0.1) is 0 Å². The second-order valence-corrected chi connectivity index (χ2v) is 5.93. The van der Waals surface area contributed by atoms with Crippen molar-refractivity contribution < 1.29 is 23.9 Å². The van der Waals surface area contributed by atoms with E-state index in [4.69, 9.17) is 5.11 Å². The summed E-state index contributed by atoms with van der Waals surface area (Å²) < 4.78 is 13.8. The molecular formula is C16H19FN2O4. The topological polar surface area (TPSA) is 86.7 Å². The molecule has 2 amide bonds. The number of carboxylic acids is 1. The SMILES string of the molecule is CC(C)[C@@H](NC(=O)C1CC(=O)N(c2ccccc2F)C1)C(=O)O. The molecular weight excluding hydrogens is 303 g/mol. The third kappa shape index (κ3) is 3.67. The highest BCUT2D eigenvalue weighted by Gasteiger charge is 2.37. The Balaban J connectivity index is 2.09. The lowest BCUT2D eigenvalue weighted by Gasteiger charge is -2.20. The van der Waals surface area contributed by atoms with Gasteiger partial charge in [0.05, 0.1) is 11.6 Å². The van der Waals surface area contributed by atoms with E-state index in [2.05, 4.69) is 5.32 Å². The molecule has 1 saturated heterocycles. The Morgan fingerprint density at radius 2 is 2.00 bits per heavy atom. The van der Waals surface area contributed by atoms with E-state index in [-0.39, 0.29) is 30.5 Å². The first kappa shape index (κ1) is 16.9. The molecule has 124 valence electrons. The van der Waals surface area contributed by atoms with E-state index in [0.29, 0.717) is 0 Å². The number of carboxylic acid groups (broad SMARTS) is 1. The molecule has 1 unspecified atom stereocenters. The number of halogens is 1. The molecule has 0 aliphatic carbocycles. The Bertz CT molecular complexity index is 632. The number of aliphatic carboxylic acids is 1. The molecule has 0 radical (unpaired) electrons. The van der Waals surface area contributed by atoms with Gasteiger partial charge in [0.2, 0.25) is 11.8 Å². The summed E-state index contributed by atoms with van der Waals surface area (Å²) in [6.07, 6.45) is -0.0649. The summed E-state index contributed by atoms with van der Waals surface area (Å²) in [5.41, 5.74) is 0.131. The monoisotopic (exact) mass is 322 g/mol. The van der Waals surface area contributed by atoms with Crippen LogP contribution in [-0.4, -0.2) is 35.5 Å². The van der Waals surface area contributed by atoms with E-state index in [1.807, 2.05) is 0 Å². The predicted octanol–water partition coefficient (Wildman–Crippen LogP) is 1.40. The van der Waals surface area contributed by atoms with Crippen molar-refractivity contribution in [2.24, 2.45) is 11.8 Å². The van der Waals surface area contributed by atoms with Crippen LogP contribution in [0.15, 0.2) is 24.3 Å². The molecule has 2 rings (SSSR count). The normalized spacial score (nSPS) is 19.0. The number of rotatable bonds is 5. The second kappa shape index (κ2) is 6.76. The number of hydrogen-bond acceptors (Lipinski definition) is 3. The minimum atomic E-state index is -1.12. The van der Waals surface area contributed by atoms with E-state index in [1.165, 1.54) is 23.1 Å². The number of benzene rings is 1. The second-order valence-electron chi connectivity index (χ2n) is 5.93. The van der Waals surface area contributed by atoms with Crippen LogP contribution in [0.4, 0.5) is 10.1 Å². The predicted molar refractivity (Wildman–Crippen MR) is 81.3 cm³/mol. The van der Waals surface area contributed by atoms with Crippen LogP contribution in [0, 0.1) is 17.7 Å². The summed E-state index contributed by atoms with van der Waals surface area (Å²) in [6.45, 7) is 3.41. The van der Waals surface area contributed by atoms with Gasteiger partial charge in [0.25, 0.3) is 0 Å². The van der Waals surface area contributed by atoms with E-state index in [0.717, 1.165) is 0 Å².